The lowest BCUT2D eigenvalue weighted by Gasteiger charge is -2.34. The first kappa shape index (κ1) is 20.5. The Labute approximate surface area is 172 Å². The number of piperazine rings is 1. The van der Waals surface area contributed by atoms with Gasteiger partial charge in [-0.1, -0.05) is 56.4 Å². The average Bonchev–Trinajstić information content (AvgIpc) is 3.01. The number of rotatable bonds is 8. The summed E-state index contributed by atoms with van der Waals surface area (Å²) < 4.78 is 2.81. The minimum absolute atomic E-state index is 0.595. The van der Waals surface area contributed by atoms with Crippen LogP contribution in [0.2, 0.25) is 0 Å². The molecule has 1 aliphatic heterocycles. The molecule has 5 nitrogen and oxygen atoms in total. The predicted molar refractivity (Wildman–Crippen MR) is 117 cm³/mol. The third-order valence-electron chi connectivity index (χ3n) is 4.98. The van der Waals surface area contributed by atoms with Gasteiger partial charge in [-0.15, -0.1) is 5.10 Å². The van der Waals surface area contributed by atoms with Gasteiger partial charge in [0.1, 0.15) is 0 Å². The maximum absolute atomic E-state index is 5.47. The average molecular weight is 406 g/mol. The quantitative estimate of drug-likeness (QED) is 0.659. The lowest BCUT2D eigenvalue weighted by Crippen LogP contribution is -2.46. The highest BCUT2D eigenvalue weighted by atomic mass is 32.1. The van der Waals surface area contributed by atoms with Crippen LogP contribution in [0, 0.1) is 3.95 Å². The van der Waals surface area contributed by atoms with Crippen molar-refractivity contribution in [1.82, 2.24) is 19.6 Å². The molecule has 0 bridgehead atoms. The van der Waals surface area contributed by atoms with Crippen LogP contribution in [-0.4, -0.2) is 52.3 Å². The van der Waals surface area contributed by atoms with E-state index in [1.807, 2.05) is 4.68 Å². The first-order valence-corrected chi connectivity index (χ1v) is 11.1. The highest BCUT2D eigenvalue weighted by Crippen LogP contribution is 2.17. The van der Waals surface area contributed by atoms with Gasteiger partial charge in [-0.2, -0.15) is 0 Å². The van der Waals surface area contributed by atoms with Gasteiger partial charge in [-0.3, -0.25) is 9.80 Å². The Morgan fingerprint density at radius 2 is 1.78 bits per heavy atom. The summed E-state index contributed by atoms with van der Waals surface area (Å²) in [6, 6.07) is 9.09. The van der Waals surface area contributed by atoms with Crippen molar-refractivity contribution in [3.8, 4) is 0 Å². The molecule has 1 N–H and O–H groups in total. The minimum Gasteiger partial charge on any atom is -0.360 e. The van der Waals surface area contributed by atoms with Gasteiger partial charge in [0.2, 0.25) is 5.13 Å². The van der Waals surface area contributed by atoms with E-state index in [0.29, 0.717) is 5.92 Å². The van der Waals surface area contributed by atoms with E-state index < -0.39 is 0 Å². The maximum atomic E-state index is 5.47. The van der Waals surface area contributed by atoms with Crippen molar-refractivity contribution in [1.29, 1.82) is 0 Å². The van der Waals surface area contributed by atoms with E-state index >= 15 is 0 Å². The zero-order valence-electron chi connectivity index (χ0n) is 16.6. The first-order chi connectivity index (χ1) is 13.0. The van der Waals surface area contributed by atoms with Crippen LogP contribution in [0.1, 0.15) is 44.2 Å². The van der Waals surface area contributed by atoms with Crippen molar-refractivity contribution in [2.24, 2.45) is 0 Å². The standard InChI is InChI=1S/C20H31N5S2/c1-4-9-21-19-22-25(20(26)27-19)15-24-12-10-23(11-13-24)14-17-5-7-18(8-6-17)16(2)3/h5-8,16H,4,9-15H2,1-3H3,(H,21,22). The Morgan fingerprint density at radius 3 is 2.41 bits per heavy atom. The molecule has 1 fully saturated rings. The third-order valence-corrected chi connectivity index (χ3v) is 6.25. The number of hydrogen-bond acceptors (Lipinski definition) is 6. The van der Waals surface area contributed by atoms with Crippen LogP contribution in [0.4, 0.5) is 5.13 Å². The van der Waals surface area contributed by atoms with Crippen molar-refractivity contribution in [2.75, 3.05) is 38.0 Å². The largest absolute Gasteiger partial charge is 0.360 e. The van der Waals surface area contributed by atoms with Gasteiger partial charge in [0, 0.05) is 39.3 Å². The molecule has 2 aromatic rings. The topological polar surface area (TPSA) is 36.3 Å². The lowest BCUT2D eigenvalue weighted by atomic mass is 10.0. The number of anilines is 1. The first-order valence-electron chi connectivity index (χ1n) is 9.90. The van der Waals surface area contributed by atoms with Gasteiger partial charge in [-0.05, 0) is 35.7 Å². The van der Waals surface area contributed by atoms with E-state index in [1.165, 1.54) is 11.1 Å². The third kappa shape index (κ3) is 5.85. The minimum atomic E-state index is 0.595. The van der Waals surface area contributed by atoms with Crippen molar-refractivity contribution in [3.63, 3.8) is 0 Å². The van der Waals surface area contributed by atoms with Gasteiger partial charge in [-0.25, -0.2) is 4.68 Å². The van der Waals surface area contributed by atoms with Crippen LogP contribution in [0.5, 0.6) is 0 Å². The molecule has 3 rings (SSSR count). The van der Waals surface area contributed by atoms with Gasteiger partial charge in [0.05, 0.1) is 6.67 Å². The molecule has 0 atom stereocenters. The van der Waals surface area contributed by atoms with Crippen LogP contribution >= 0.6 is 23.6 Å². The van der Waals surface area contributed by atoms with Crippen molar-refractivity contribution in [3.05, 3.63) is 39.3 Å². The second-order valence-electron chi connectivity index (χ2n) is 7.53. The highest BCUT2D eigenvalue weighted by molar-refractivity contribution is 7.73. The Balaban J connectivity index is 1.47. The van der Waals surface area contributed by atoms with Crippen LogP contribution in [0.15, 0.2) is 24.3 Å². The fraction of sp³-hybridized carbons (Fsp3) is 0.600. The Morgan fingerprint density at radius 1 is 1.11 bits per heavy atom. The van der Waals surface area contributed by atoms with Gasteiger partial charge in [0.25, 0.3) is 0 Å². The molecule has 1 saturated heterocycles. The predicted octanol–water partition coefficient (Wildman–Crippen LogP) is 4.39. The maximum Gasteiger partial charge on any atom is 0.204 e. The molecule has 0 amide bonds. The van der Waals surface area contributed by atoms with Crippen LogP contribution in [0.3, 0.4) is 0 Å². The molecule has 27 heavy (non-hydrogen) atoms. The van der Waals surface area contributed by atoms with Crippen LogP contribution < -0.4 is 5.32 Å². The monoisotopic (exact) mass is 405 g/mol. The normalized spacial score (nSPS) is 16.1. The molecule has 1 aliphatic rings. The fourth-order valence-corrected chi connectivity index (χ4v) is 4.26. The van der Waals surface area contributed by atoms with Gasteiger partial charge < -0.3 is 5.32 Å². The van der Waals surface area contributed by atoms with Crippen molar-refractivity contribution in [2.45, 2.75) is 46.3 Å². The molecule has 148 valence electrons. The van der Waals surface area contributed by atoms with E-state index in [2.05, 4.69) is 65.3 Å². The van der Waals surface area contributed by atoms with E-state index in [4.69, 9.17) is 12.2 Å². The summed E-state index contributed by atoms with van der Waals surface area (Å²) >= 11 is 7.04. The van der Waals surface area contributed by atoms with Crippen LogP contribution in [-0.2, 0) is 13.2 Å². The Bertz CT molecular complexity index is 757. The molecular weight excluding hydrogens is 374 g/mol. The van der Waals surface area contributed by atoms with Gasteiger partial charge >= 0.3 is 0 Å². The summed E-state index contributed by atoms with van der Waals surface area (Å²) in [6.45, 7) is 13.7. The second-order valence-corrected chi connectivity index (χ2v) is 9.15. The molecule has 1 aromatic heterocycles. The summed E-state index contributed by atoms with van der Waals surface area (Å²) in [4.78, 5) is 4.98. The molecule has 7 heteroatoms. The molecule has 2 heterocycles. The zero-order valence-corrected chi connectivity index (χ0v) is 18.3. The molecule has 0 unspecified atom stereocenters. The number of benzene rings is 1. The number of nitrogens with zero attached hydrogens (tertiary/aromatic N) is 4. The van der Waals surface area contributed by atoms with Crippen molar-refractivity contribution >= 4 is 28.7 Å². The SMILES string of the molecule is CCCNc1nn(CN2CCN(Cc3ccc(C(C)C)cc3)CC2)c(=S)s1. The van der Waals surface area contributed by atoms with E-state index in [0.717, 1.165) is 61.4 Å². The highest BCUT2D eigenvalue weighted by Gasteiger charge is 2.18. The number of hydrogen-bond donors (Lipinski definition) is 1. The summed E-state index contributed by atoms with van der Waals surface area (Å²) in [5.74, 6) is 0.595. The van der Waals surface area contributed by atoms with E-state index in [1.54, 1.807) is 11.3 Å². The number of aromatic nitrogens is 2. The second kappa shape index (κ2) is 9.78. The summed E-state index contributed by atoms with van der Waals surface area (Å²) in [7, 11) is 0. The van der Waals surface area contributed by atoms with Crippen LogP contribution in [0.25, 0.3) is 0 Å². The molecular formula is C20H31N5S2. The molecule has 0 aliphatic carbocycles. The zero-order chi connectivity index (χ0) is 19.2. The van der Waals surface area contributed by atoms with E-state index in [9.17, 15) is 0 Å². The van der Waals surface area contributed by atoms with Gasteiger partial charge in [0.15, 0.2) is 3.95 Å². The summed E-state index contributed by atoms with van der Waals surface area (Å²) in [5, 5.41) is 8.88. The fourth-order valence-electron chi connectivity index (χ4n) is 3.24. The summed E-state index contributed by atoms with van der Waals surface area (Å²) in [6.07, 6.45) is 1.09. The van der Waals surface area contributed by atoms with E-state index in [-0.39, 0.29) is 0 Å². The Hall–Kier alpha value is -1.28. The van der Waals surface area contributed by atoms with Crippen molar-refractivity contribution < 1.29 is 0 Å². The lowest BCUT2D eigenvalue weighted by molar-refractivity contribution is 0.0985. The Kier molecular flexibility index (Phi) is 7.41. The molecule has 0 spiro atoms. The molecule has 0 radical (unpaired) electrons. The molecule has 1 aromatic carbocycles. The smallest absolute Gasteiger partial charge is 0.204 e. The number of nitrogens with one attached hydrogen (secondary N) is 1. The molecule has 0 saturated carbocycles. The summed E-state index contributed by atoms with van der Waals surface area (Å²) in [5.41, 5.74) is 2.82.